The van der Waals surface area contributed by atoms with Gasteiger partial charge in [-0.15, -0.1) is 11.3 Å². The predicted molar refractivity (Wildman–Crippen MR) is 75.4 cm³/mol. The van der Waals surface area contributed by atoms with E-state index in [1.165, 1.54) is 11.3 Å². The van der Waals surface area contributed by atoms with E-state index in [2.05, 4.69) is 20.6 Å². The second-order valence-corrected chi connectivity index (χ2v) is 5.73. The summed E-state index contributed by atoms with van der Waals surface area (Å²) in [6.45, 7) is 0.355. The van der Waals surface area contributed by atoms with E-state index in [4.69, 9.17) is 0 Å². The largest absolute Gasteiger partial charge is 0.347 e. The minimum absolute atomic E-state index is 0.0504. The van der Waals surface area contributed by atoms with E-state index in [-0.39, 0.29) is 17.7 Å². The highest BCUT2D eigenvalue weighted by molar-refractivity contribution is 7.18. The second kappa shape index (κ2) is 5.46. The number of thiophene rings is 1. The van der Waals surface area contributed by atoms with Gasteiger partial charge >= 0.3 is 0 Å². The van der Waals surface area contributed by atoms with Gasteiger partial charge in [0.15, 0.2) is 0 Å². The molecule has 104 valence electrons. The Morgan fingerprint density at radius 3 is 2.95 bits per heavy atom. The Bertz CT molecular complexity index is 616. The third kappa shape index (κ3) is 3.05. The number of aromatic nitrogens is 2. The SMILES string of the molecule is O=C(NCc1ncc[nH]1)c1ccc(NC(=O)C2CC2)s1. The molecule has 2 aromatic rings. The fraction of sp³-hybridized carbons (Fsp3) is 0.308. The van der Waals surface area contributed by atoms with Gasteiger partial charge in [0, 0.05) is 18.3 Å². The van der Waals surface area contributed by atoms with Gasteiger partial charge in [0.05, 0.1) is 16.4 Å². The summed E-state index contributed by atoms with van der Waals surface area (Å²) in [5.41, 5.74) is 0. The fourth-order valence-corrected chi connectivity index (χ4v) is 2.57. The minimum Gasteiger partial charge on any atom is -0.347 e. The van der Waals surface area contributed by atoms with Crippen LogP contribution in [0.15, 0.2) is 24.5 Å². The lowest BCUT2D eigenvalue weighted by molar-refractivity contribution is -0.117. The van der Waals surface area contributed by atoms with Gasteiger partial charge in [0.25, 0.3) is 5.91 Å². The predicted octanol–water partition coefficient (Wildman–Crippen LogP) is 1.75. The molecular weight excluding hydrogens is 276 g/mol. The topological polar surface area (TPSA) is 86.9 Å². The van der Waals surface area contributed by atoms with Crippen molar-refractivity contribution in [3.63, 3.8) is 0 Å². The summed E-state index contributed by atoms with van der Waals surface area (Å²) in [6.07, 6.45) is 5.28. The first-order valence-electron chi connectivity index (χ1n) is 6.39. The maximum atomic E-state index is 11.9. The number of carbonyl (C=O) groups is 2. The highest BCUT2D eigenvalue weighted by Crippen LogP contribution is 2.31. The molecule has 20 heavy (non-hydrogen) atoms. The zero-order valence-electron chi connectivity index (χ0n) is 10.7. The molecule has 0 saturated heterocycles. The molecule has 0 unspecified atom stereocenters. The molecule has 1 saturated carbocycles. The monoisotopic (exact) mass is 290 g/mol. The van der Waals surface area contributed by atoms with Crippen molar-refractivity contribution >= 4 is 28.2 Å². The van der Waals surface area contributed by atoms with Crippen LogP contribution in [0.5, 0.6) is 0 Å². The Morgan fingerprint density at radius 1 is 1.40 bits per heavy atom. The van der Waals surface area contributed by atoms with E-state index in [1.807, 2.05) is 0 Å². The molecular formula is C13H14N4O2S. The third-order valence-corrected chi connectivity index (χ3v) is 4.00. The van der Waals surface area contributed by atoms with Crippen molar-refractivity contribution in [3.05, 3.63) is 35.2 Å². The second-order valence-electron chi connectivity index (χ2n) is 4.65. The van der Waals surface area contributed by atoms with E-state index in [1.54, 1.807) is 24.5 Å². The van der Waals surface area contributed by atoms with Crippen LogP contribution in [-0.2, 0) is 11.3 Å². The Balaban J connectivity index is 1.55. The van der Waals surface area contributed by atoms with Gasteiger partial charge < -0.3 is 15.6 Å². The minimum atomic E-state index is -0.168. The van der Waals surface area contributed by atoms with Crippen molar-refractivity contribution in [1.82, 2.24) is 15.3 Å². The van der Waals surface area contributed by atoms with Crippen molar-refractivity contribution in [2.75, 3.05) is 5.32 Å². The molecule has 2 heterocycles. The third-order valence-electron chi connectivity index (χ3n) is 3.00. The molecule has 2 aromatic heterocycles. The zero-order chi connectivity index (χ0) is 13.9. The van der Waals surface area contributed by atoms with Crippen molar-refractivity contribution in [2.24, 2.45) is 5.92 Å². The highest BCUT2D eigenvalue weighted by atomic mass is 32.1. The van der Waals surface area contributed by atoms with Gasteiger partial charge in [-0.1, -0.05) is 0 Å². The van der Waals surface area contributed by atoms with E-state index in [0.717, 1.165) is 12.8 Å². The number of H-pyrrole nitrogens is 1. The van der Waals surface area contributed by atoms with Gasteiger partial charge in [0.1, 0.15) is 5.82 Å². The van der Waals surface area contributed by atoms with Crippen LogP contribution >= 0.6 is 11.3 Å². The number of anilines is 1. The molecule has 0 aromatic carbocycles. The van der Waals surface area contributed by atoms with Crippen LogP contribution < -0.4 is 10.6 Å². The van der Waals surface area contributed by atoms with Gasteiger partial charge in [-0.05, 0) is 25.0 Å². The lowest BCUT2D eigenvalue weighted by Crippen LogP contribution is -2.22. The number of hydrogen-bond donors (Lipinski definition) is 3. The molecule has 6 nitrogen and oxygen atoms in total. The standard InChI is InChI=1S/C13H14N4O2S/c18-12(8-1-2-8)17-11-4-3-9(20-11)13(19)16-7-10-14-5-6-15-10/h3-6,8H,1-2,7H2,(H,14,15)(H,16,19)(H,17,18). The Hall–Kier alpha value is -2.15. The summed E-state index contributed by atoms with van der Waals surface area (Å²) in [4.78, 5) is 31.1. The lowest BCUT2D eigenvalue weighted by atomic mass is 10.4. The van der Waals surface area contributed by atoms with E-state index in [9.17, 15) is 9.59 Å². The highest BCUT2D eigenvalue weighted by Gasteiger charge is 2.29. The van der Waals surface area contributed by atoms with E-state index in [0.29, 0.717) is 22.2 Å². The van der Waals surface area contributed by atoms with Gasteiger partial charge in [-0.25, -0.2) is 4.98 Å². The van der Waals surface area contributed by atoms with E-state index >= 15 is 0 Å². The summed E-state index contributed by atoms with van der Waals surface area (Å²) >= 11 is 1.28. The number of nitrogens with one attached hydrogen (secondary N) is 3. The molecule has 0 atom stereocenters. The number of amides is 2. The van der Waals surface area contributed by atoms with Gasteiger partial charge in [-0.2, -0.15) is 0 Å². The zero-order valence-corrected chi connectivity index (χ0v) is 11.5. The van der Waals surface area contributed by atoms with Crippen LogP contribution in [0.1, 0.15) is 28.3 Å². The Morgan fingerprint density at radius 2 is 2.25 bits per heavy atom. The number of nitrogens with zero attached hydrogens (tertiary/aromatic N) is 1. The first kappa shape index (κ1) is 12.9. The van der Waals surface area contributed by atoms with Gasteiger partial charge in [-0.3, -0.25) is 9.59 Å². The smallest absolute Gasteiger partial charge is 0.261 e. The Kier molecular flexibility index (Phi) is 3.51. The number of hydrogen-bond acceptors (Lipinski definition) is 4. The first-order valence-corrected chi connectivity index (χ1v) is 7.21. The molecule has 1 fully saturated rings. The average molecular weight is 290 g/mol. The number of aromatic amines is 1. The normalized spacial score (nSPS) is 14.0. The Labute approximate surface area is 119 Å². The van der Waals surface area contributed by atoms with Crippen LogP contribution in [0.3, 0.4) is 0 Å². The summed E-state index contributed by atoms with van der Waals surface area (Å²) in [7, 11) is 0. The molecule has 1 aliphatic rings. The van der Waals surface area contributed by atoms with Crippen LogP contribution in [0.2, 0.25) is 0 Å². The lowest BCUT2D eigenvalue weighted by Gasteiger charge is -2.01. The van der Waals surface area contributed by atoms with Gasteiger partial charge in [0.2, 0.25) is 5.91 Å². The molecule has 2 amide bonds. The molecule has 1 aliphatic carbocycles. The summed E-state index contributed by atoms with van der Waals surface area (Å²) in [5, 5.41) is 6.31. The van der Waals surface area contributed by atoms with Crippen molar-refractivity contribution in [3.8, 4) is 0 Å². The molecule has 7 heteroatoms. The number of imidazole rings is 1. The van der Waals surface area contributed by atoms with Crippen LogP contribution in [0.25, 0.3) is 0 Å². The molecule has 0 bridgehead atoms. The van der Waals surface area contributed by atoms with E-state index < -0.39 is 0 Å². The quantitative estimate of drug-likeness (QED) is 0.784. The molecule has 0 spiro atoms. The maximum absolute atomic E-state index is 11.9. The number of rotatable bonds is 5. The van der Waals surface area contributed by atoms with Crippen LogP contribution in [0, 0.1) is 5.92 Å². The van der Waals surface area contributed by atoms with Crippen LogP contribution in [0.4, 0.5) is 5.00 Å². The maximum Gasteiger partial charge on any atom is 0.261 e. The molecule has 3 N–H and O–H groups in total. The molecule has 0 aliphatic heterocycles. The van der Waals surface area contributed by atoms with Crippen molar-refractivity contribution in [1.29, 1.82) is 0 Å². The summed E-state index contributed by atoms with van der Waals surface area (Å²) in [6, 6.07) is 3.47. The first-order chi connectivity index (χ1) is 9.72. The van der Waals surface area contributed by atoms with Crippen molar-refractivity contribution < 1.29 is 9.59 Å². The summed E-state index contributed by atoms with van der Waals surface area (Å²) in [5.74, 6) is 0.748. The fourth-order valence-electron chi connectivity index (χ4n) is 1.74. The average Bonchev–Trinajstić information content (AvgIpc) is 2.98. The van der Waals surface area contributed by atoms with Crippen molar-refractivity contribution in [2.45, 2.75) is 19.4 Å². The van der Waals surface area contributed by atoms with Crippen LogP contribution in [-0.4, -0.2) is 21.8 Å². The summed E-state index contributed by atoms with van der Waals surface area (Å²) < 4.78 is 0. The molecule has 0 radical (unpaired) electrons. The molecule has 3 rings (SSSR count). The number of carbonyl (C=O) groups excluding carboxylic acids is 2.